The second kappa shape index (κ2) is 6.87. The Morgan fingerprint density at radius 1 is 1.17 bits per heavy atom. The van der Waals surface area contributed by atoms with E-state index in [0.29, 0.717) is 12.8 Å². The van der Waals surface area contributed by atoms with Gasteiger partial charge in [-0.3, -0.25) is 4.79 Å². The standard InChI is InChI=1S/C18H16FN3O/c19-15-3-1-2-14(12-15)4-9-18(23)21-16-5-7-17(8-6-16)22-11-10-20-13-22/h1-3,5-8,10-13H,4,9H2,(H,21,23). The molecule has 0 unspecified atom stereocenters. The van der Waals surface area contributed by atoms with E-state index in [2.05, 4.69) is 10.3 Å². The Labute approximate surface area is 133 Å². The van der Waals surface area contributed by atoms with E-state index in [0.717, 1.165) is 16.9 Å². The van der Waals surface area contributed by atoms with E-state index in [1.807, 2.05) is 41.1 Å². The zero-order chi connectivity index (χ0) is 16.1. The molecule has 23 heavy (non-hydrogen) atoms. The van der Waals surface area contributed by atoms with Gasteiger partial charge in [0.2, 0.25) is 5.91 Å². The fraction of sp³-hybridized carbons (Fsp3) is 0.111. The van der Waals surface area contributed by atoms with Crippen LogP contribution in [0.2, 0.25) is 0 Å². The number of nitrogens with one attached hydrogen (secondary N) is 1. The van der Waals surface area contributed by atoms with Gasteiger partial charge in [-0.2, -0.15) is 0 Å². The number of hydrogen-bond donors (Lipinski definition) is 1. The summed E-state index contributed by atoms with van der Waals surface area (Å²) < 4.78 is 15.0. The Kier molecular flexibility index (Phi) is 4.47. The van der Waals surface area contributed by atoms with Gasteiger partial charge in [-0.1, -0.05) is 12.1 Å². The smallest absolute Gasteiger partial charge is 0.224 e. The molecule has 0 aliphatic carbocycles. The summed E-state index contributed by atoms with van der Waals surface area (Å²) in [5, 5.41) is 2.84. The number of carbonyl (C=O) groups excluding carboxylic acids is 1. The summed E-state index contributed by atoms with van der Waals surface area (Å²) in [6.45, 7) is 0. The molecule has 4 nitrogen and oxygen atoms in total. The third-order valence-corrected chi connectivity index (χ3v) is 3.48. The van der Waals surface area contributed by atoms with Gasteiger partial charge in [-0.15, -0.1) is 0 Å². The van der Waals surface area contributed by atoms with Crippen molar-refractivity contribution >= 4 is 11.6 Å². The number of rotatable bonds is 5. The molecule has 0 saturated heterocycles. The van der Waals surface area contributed by atoms with Crippen LogP contribution in [-0.4, -0.2) is 15.5 Å². The van der Waals surface area contributed by atoms with Crippen molar-refractivity contribution in [2.24, 2.45) is 0 Å². The fourth-order valence-electron chi connectivity index (χ4n) is 2.30. The first-order chi connectivity index (χ1) is 11.2. The molecule has 0 atom stereocenters. The predicted octanol–water partition coefficient (Wildman–Crippen LogP) is 3.58. The van der Waals surface area contributed by atoms with Crippen LogP contribution in [0.5, 0.6) is 0 Å². The largest absolute Gasteiger partial charge is 0.326 e. The zero-order valence-electron chi connectivity index (χ0n) is 12.4. The molecule has 1 amide bonds. The average Bonchev–Trinajstić information content (AvgIpc) is 3.08. The number of hydrogen-bond acceptors (Lipinski definition) is 2. The van der Waals surface area contributed by atoms with Crippen molar-refractivity contribution in [1.82, 2.24) is 9.55 Å². The minimum absolute atomic E-state index is 0.0929. The number of halogens is 1. The molecule has 0 bridgehead atoms. The molecular formula is C18H16FN3O. The van der Waals surface area contributed by atoms with Crippen LogP contribution in [0.25, 0.3) is 5.69 Å². The number of aryl methyl sites for hydroxylation is 1. The molecule has 2 aromatic carbocycles. The lowest BCUT2D eigenvalue weighted by Crippen LogP contribution is -2.12. The maximum absolute atomic E-state index is 13.1. The van der Waals surface area contributed by atoms with Crippen molar-refractivity contribution in [2.45, 2.75) is 12.8 Å². The van der Waals surface area contributed by atoms with Crippen LogP contribution in [0.3, 0.4) is 0 Å². The Balaban J connectivity index is 1.55. The molecule has 1 heterocycles. The molecule has 0 aliphatic heterocycles. The number of benzene rings is 2. The first-order valence-electron chi connectivity index (χ1n) is 7.33. The summed E-state index contributed by atoms with van der Waals surface area (Å²) in [5.41, 5.74) is 2.52. The van der Waals surface area contributed by atoms with Gasteiger partial charge in [0, 0.05) is 30.2 Å². The summed E-state index contributed by atoms with van der Waals surface area (Å²) in [7, 11) is 0. The highest BCUT2D eigenvalue weighted by Crippen LogP contribution is 2.14. The first-order valence-corrected chi connectivity index (χ1v) is 7.33. The minimum atomic E-state index is -0.280. The Morgan fingerprint density at radius 2 is 2.00 bits per heavy atom. The van der Waals surface area contributed by atoms with E-state index in [9.17, 15) is 9.18 Å². The van der Waals surface area contributed by atoms with Gasteiger partial charge >= 0.3 is 0 Å². The molecule has 0 saturated carbocycles. The van der Waals surface area contributed by atoms with E-state index in [4.69, 9.17) is 0 Å². The fourth-order valence-corrected chi connectivity index (χ4v) is 2.30. The van der Waals surface area contributed by atoms with Gasteiger partial charge in [0.25, 0.3) is 0 Å². The van der Waals surface area contributed by atoms with Gasteiger partial charge in [0.15, 0.2) is 0 Å². The quantitative estimate of drug-likeness (QED) is 0.783. The number of anilines is 1. The van der Waals surface area contributed by atoms with Gasteiger partial charge < -0.3 is 9.88 Å². The first kappa shape index (κ1) is 15.0. The molecule has 0 radical (unpaired) electrons. The highest BCUT2D eigenvalue weighted by atomic mass is 19.1. The number of imidazole rings is 1. The van der Waals surface area contributed by atoms with Gasteiger partial charge in [-0.05, 0) is 48.4 Å². The minimum Gasteiger partial charge on any atom is -0.326 e. The van der Waals surface area contributed by atoms with Crippen LogP contribution in [0, 0.1) is 5.82 Å². The molecule has 0 aliphatic rings. The zero-order valence-corrected chi connectivity index (χ0v) is 12.4. The van der Waals surface area contributed by atoms with Crippen molar-refractivity contribution in [3.63, 3.8) is 0 Å². The molecule has 1 N–H and O–H groups in total. The Morgan fingerprint density at radius 3 is 2.70 bits per heavy atom. The number of amides is 1. The van der Waals surface area contributed by atoms with Crippen LogP contribution in [0.1, 0.15) is 12.0 Å². The van der Waals surface area contributed by atoms with Gasteiger partial charge in [0.05, 0.1) is 6.33 Å². The van der Waals surface area contributed by atoms with Gasteiger partial charge in [0.1, 0.15) is 5.82 Å². The average molecular weight is 309 g/mol. The monoisotopic (exact) mass is 309 g/mol. The molecule has 3 rings (SSSR count). The maximum atomic E-state index is 13.1. The Hall–Kier alpha value is -2.95. The van der Waals surface area contributed by atoms with E-state index < -0.39 is 0 Å². The number of nitrogens with zero attached hydrogens (tertiary/aromatic N) is 2. The van der Waals surface area contributed by atoms with Gasteiger partial charge in [-0.25, -0.2) is 9.37 Å². The van der Waals surface area contributed by atoms with Crippen molar-refractivity contribution in [3.8, 4) is 5.69 Å². The van der Waals surface area contributed by atoms with Crippen LogP contribution >= 0.6 is 0 Å². The van der Waals surface area contributed by atoms with Crippen LogP contribution < -0.4 is 5.32 Å². The van der Waals surface area contributed by atoms with Crippen LogP contribution in [-0.2, 0) is 11.2 Å². The van der Waals surface area contributed by atoms with Crippen molar-refractivity contribution in [1.29, 1.82) is 0 Å². The normalized spacial score (nSPS) is 10.5. The second-order valence-electron chi connectivity index (χ2n) is 5.19. The summed E-state index contributed by atoms with van der Waals surface area (Å²) in [4.78, 5) is 16.0. The topological polar surface area (TPSA) is 46.9 Å². The number of aromatic nitrogens is 2. The predicted molar refractivity (Wildman–Crippen MR) is 86.9 cm³/mol. The summed E-state index contributed by atoms with van der Waals surface area (Å²) in [5.74, 6) is -0.373. The lowest BCUT2D eigenvalue weighted by atomic mass is 10.1. The van der Waals surface area contributed by atoms with Crippen LogP contribution in [0.15, 0.2) is 67.3 Å². The third kappa shape index (κ3) is 4.03. The van der Waals surface area contributed by atoms with E-state index in [1.165, 1.54) is 12.1 Å². The van der Waals surface area contributed by atoms with E-state index >= 15 is 0 Å². The highest BCUT2D eigenvalue weighted by molar-refractivity contribution is 5.90. The molecule has 0 spiro atoms. The van der Waals surface area contributed by atoms with E-state index in [1.54, 1.807) is 18.6 Å². The molecule has 116 valence electrons. The van der Waals surface area contributed by atoms with Crippen molar-refractivity contribution < 1.29 is 9.18 Å². The third-order valence-electron chi connectivity index (χ3n) is 3.48. The lowest BCUT2D eigenvalue weighted by Gasteiger charge is -2.07. The lowest BCUT2D eigenvalue weighted by molar-refractivity contribution is -0.116. The maximum Gasteiger partial charge on any atom is 0.224 e. The SMILES string of the molecule is O=C(CCc1cccc(F)c1)Nc1ccc(-n2ccnc2)cc1. The summed E-state index contributed by atoms with van der Waals surface area (Å²) in [6, 6.07) is 13.8. The van der Waals surface area contributed by atoms with Crippen molar-refractivity contribution in [3.05, 3.63) is 78.6 Å². The van der Waals surface area contributed by atoms with Crippen molar-refractivity contribution in [2.75, 3.05) is 5.32 Å². The molecule has 3 aromatic rings. The molecule has 5 heteroatoms. The van der Waals surface area contributed by atoms with Crippen LogP contribution in [0.4, 0.5) is 10.1 Å². The highest BCUT2D eigenvalue weighted by Gasteiger charge is 2.04. The molecular weight excluding hydrogens is 293 g/mol. The summed E-state index contributed by atoms with van der Waals surface area (Å²) in [6.07, 6.45) is 6.10. The molecule has 1 aromatic heterocycles. The summed E-state index contributed by atoms with van der Waals surface area (Å²) >= 11 is 0. The molecule has 0 fully saturated rings. The Bertz CT molecular complexity index is 782. The second-order valence-corrected chi connectivity index (χ2v) is 5.19. The van der Waals surface area contributed by atoms with E-state index in [-0.39, 0.29) is 11.7 Å². The number of carbonyl (C=O) groups is 1.